The molecule has 0 aromatic heterocycles. The van der Waals surface area contributed by atoms with Crippen LogP contribution in [0.15, 0.2) is 12.1 Å². The lowest BCUT2D eigenvalue weighted by Crippen LogP contribution is -2.12. The first-order valence-corrected chi connectivity index (χ1v) is 4.88. The minimum atomic E-state index is -4.91. The van der Waals surface area contributed by atoms with E-state index in [1.165, 1.54) is 6.92 Å². The van der Waals surface area contributed by atoms with Gasteiger partial charge in [-0.15, -0.1) is 0 Å². The topological polar surface area (TPSA) is 26.3 Å². The third-order valence-corrected chi connectivity index (χ3v) is 2.13. The summed E-state index contributed by atoms with van der Waals surface area (Å²) in [4.78, 5) is 11.2. The molecule has 1 aromatic rings. The fourth-order valence-corrected chi connectivity index (χ4v) is 1.49. The normalized spacial score (nSPS) is 11.4. The Morgan fingerprint density at radius 1 is 1.41 bits per heavy atom. The van der Waals surface area contributed by atoms with Crippen molar-refractivity contribution in [2.24, 2.45) is 0 Å². The maximum Gasteiger partial charge on any atom is 0.420 e. The monoisotopic (exact) mass is 270 g/mol. The van der Waals surface area contributed by atoms with E-state index in [4.69, 9.17) is 11.6 Å². The maximum atomic E-state index is 13.2. The van der Waals surface area contributed by atoms with Gasteiger partial charge in [-0.05, 0) is 19.1 Å². The Morgan fingerprint density at radius 3 is 2.41 bits per heavy atom. The minimum Gasteiger partial charge on any atom is -0.462 e. The van der Waals surface area contributed by atoms with Crippen molar-refractivity contribution < 1.29 is 27.1 Å². The Labute approximate surface area is 99.1 Å². The molecule has 0 saturated carbocycles. The highest BCUT2D eigenvalue weighted by molar-refractivity contribution is 6.31. The second kappa shape index (κ2) is 4.91. The molecule has 0 unspecified atom stereocenters. The molecule has 94 valence electrons. The van der Waals surface area contributed by atoms with Crippen molar-refractivity contribution in [2.45, 2.75) is 13.1 Å². The second-order valence-electron chi connectivity index (χ2n) is 3.03. The zero-order chi connectivity index (χ0) is 13.2. The summed E-state index contributed by atoms with van der Waals surface area (Å²) in [6, 6.07) is 1.18. The highest BCUT2D eigenvalue weighted by atomic mass is 35.5. The molecule has 0 N–H and O–H groups in total. The molecule has 7 heteroatoms. The summed E-state index contributed by atoms with van der Waals surface area (Å²) in [6.07, 6.45) is -4.91. The zero-order valence-corrected chi connectivity index (χ0v) is 9.32. The Morgan fingerprint density at radius 2 is 2.00 bits per heavy atom. The number of carbonyl (C=O) groups excluding carboxylic acids is 1. The van der Waals surface area contributed by atoms with Gasteiger partial charge in [0.2, 0.25) is 0 Å². The fraction of sp³-hybridized carbons (Fsp3) is 0.300. The lowest BCUT2D eigenvalue weighted by molar-refractivity contribution is -0.139. The molecule has 1 aromatic carbocycles. The van der Waals surface area contributed by atoms with Crippen molar-refractivity contribution in [1.29, 1.82) is 0 Å². The Kier molecular flexibility index (Phi) is 3.98. The number of ether oxygens (including phenoxy) is 1. The molecule has 0 spiro atoms. The minimum absolute atomic E-state index is 0.0269. The van der Waals surface area contributed by atoms with Crippen molar-refractivity contribution in [1.82, 2.24) is 0 Å². The highest BCUT2D eigenvalue weighted by Gasteiger charge is 2.37. The van der Waals surface area contributed by atoms with Crippen LogP contribution in [0.4, 0.5) is 17.6 Å². The molecule has 0 fully saturated rings. The number of halogens is 5. The summed E-state index contributed by atoms with van der Waals surface area (Å²) in [7, 11) is 0. The number of alkyl halides is 3. The molecular weight excluding hydrogens is 264 g/mol. The molecule has 17 heavy (non-hydrogen) atoms. The number of rotatable bonds is 2. The van der Waals surface area contributed by atoms with Gasteiger partial charge in [-0.3, -0.25) is 0 Å². The van der Waals surface area contributed by atoms with E-state index in [1.54, 1.807) is 0 Å². The van der Waals surface area contributed by atoms with Crippen LogP contribution < -0.4 is 0 Å². The summed E-state index contributed by atoms with van der Waals surface area (Å²) in [5.74, 6) is -2.53. The van der Waals surface area contributed by atoms with Crippen molar-refractivity contribution >= 4 is 17.6 Å². The van der Waals surface area contributed by atoms with Gasteiger partial charge in [0.05, 0.1) is 17.2 Å². The quantitative estimate of drug-likeness (QED) is 0.605. The van der Waals surface area contributed by atoms with Crippen LogP contribution in [-0.2, 0) is 10.9 Å². The molecule has 2 nitrogen and oxygen atoms in total. The summed E-state index contributed by atoms with van der Waals surface area (Å²) in [5.41, 5.74) is -1.95. The van der Waals surface area contributed by atoms with E-state index in [0.717, 1.165) is 6.07 Å². The zero-order valence-electron chi connectivity index (χ0n) is 8.57. The predicted octanol–water partition coefficient (Wildman–Crippen LogP) is 3.67. The van der Waals surface area contributed by atoms with Crippen molar-refractivity contribution in [2.75, 3.05) is 6.61 Å². The molecule has 0 saturated heterocycles. The van der Waals surface area contributed by atoms with Gasteiger partial charge in [-0.2, -0.15) is 13.2 Å². The van der Waals surface area contributed by atoms with Gasteiger partial charge in [0, 0.05) is 0 Å². The van der Waals surface area contributed by atoms with Gasteiger partial charge in [-0.1, -0.05) is 11.6 Å². The van der Waals surface area contributed by atoms with Crippen LogP contribution >= 0.6 is 11.6 Å². The predicted molar refractivity (Wildman–Crippen MR) is 52.4 cm³/mol. The number of carbonyl (C=O) groups is 1. The first-order valence-electron chi connectivity index (χ1n) is 4.50. The van der Waals surface area contributed by atoms with Crippen molar-refractivity contribution in [3.05, 3.63) is 34.1 Å². The molecule has 0 radical (unpaired) electrons. The van der Waals surface area contributed by atoms with Gasteiger partial charge in [0.15, 0.2) is 0 Å². The summed E-state index contributed by atoms with van der Waals surface area (Å²) < 4.78 is 54.8. The SMILES string of the molecule is CCOC(=O)c1cc(F)c(C(F)(F)F)c(Cl)c1. The fourth-order valence-electron chi connectivity index (χ4n) is 1.18. The van der Waals surface area contributed by atoms with Crippen LogP contribution in [0.1, 0.15) is 22.8 Å². The van der Waals surface area contributed by atoms with Crippen LogP contribution in [0.25, 0.3) is 0 Å². The molecule has 0 amide bonds. The van der Waals surface area contributed by atoms with E-state index >= 15 is 0 Å². The number of esters is 1. The molecule has 0 bridgehead atoms. The molecular formula is C10H7ClF4O2. The number of hydrogen-bond donors (Lipinski definition) is 0. The largest absolute Gasteiger partial charge is 0.462 e. The maximum absolute atomic E-state index is 13.2. The third kappa shape index (κ3) is 3.09. The third-order valence-electron chi connectivity index (χ3n) is 1.84. The molecule has 0 heterocycles. The van der Waals surface area contributed by atoms with Crippen LogP contribution in [0, 0.1) is 5.82 Å². The van der Waals surface area contributed by atoms with E-state index < -0.39 is 28.5 Å². The molecule has 0 aliphatic carbocycles. The Bertz CT molecular complexity index is 419. The smallest absolute Gasteiger partial charge is 0.420 e. The average molecular weight is 271 g/mol. The highest BCUT2D eigenvalue weighted by Crippen LogP contribution is 2.37. The summed E-state index contributed by atoms with van der Waals surface area (Å²) in [6.45, 7) is 1.54. The lowest BCUT2D eigenvalue weighted by Gasteiger charge is -2.11. The van der Waals surface area contributed by atoms with Crippen LogP contribution in [0.3, 0.4) is 0 Å². The van der Waals surface area contributed by atoms with Crippen LogP contribution in [0.5, 0.6) is 0 Å². The molecule has 0 aliphatic rings. The Hall–Kier alpha value is -1.30. The van der Waals surface area contributed by atoms with Gasteiger partial charge in [-0.25, -0.2) is 9.18 Å². The molecule has 0 aliphatic heterocycles. The number of hydrogen-bond acceptors (Lipinski definition) is 2. The van der Waals surface area contributed by atoms with Gasteiger partial charge < -0.3 is 4.74 Å². The standard InChI is InChI=1S/C10H7ClF4O2/c1-2-17-9(16)5-3-6(11)8(7(12)4-5)10(13,14)15/h3-4H,2H2,1H3. The van der Waals surface area contributed by atoms with E-state index in [9.17, 15) is 22.4 Å². The van der Waals surface area contributed by atoms with E-state index in [0.29, 0.717) is 6.07 Å². The molecule has 0 atom stereocenters. The first kappa shape index (κ1) is 13.8. The lowest BCUT2D eigenvalue weighted by atomic mass is 10.1. The Balaban J connectivity index is 3.23. The number of benzene rings is 1. The van der Waals surface area contributed by atoms with Crippen LogP contribution in [0.2, 0.25) is 5.02 Å². The average Bonchev–Trinajstić information content (AvgIpc) is 2.14. The second-order valence-corrected chi connectivity index (χ2v) is 3.44. The van der Waals surface area contributed by atoms with Gasteiger partial charge in [0.25, 0.3) is 0 Å². The summed E-state index contributed by atoms with van der Waals surface area (Å²) in [5, 5.41) is -0.874. The van der Waals surface area contributed by atoms with E-state index in [2.05, 4.69) is 4.74 Å². The van der Waals surface area contributed by atoms with Gasteiger partial charge >= 0.3 is 12.1 Å². The van der Waals surface area contributed by atoms with Crippen LogP contribution in [-0.4, -0.2) is 12.6 Å². The summed E-state index contributed by atoms with van der Waals surface area (Å²) >= 11 is 5.30. The molecule has 1 rings (SSSR count). The van der Waals surface area contributed by atoms with E-state index in [1.807, 2.05) is 0 Å². The first-order chi connectivity index (χ1) is 7.77. The van der Waals surface area contributed by atoms with E-state index in [-0.39, 0.29) is 12.2 Å². The van der Waals surface area contributed by atoms with Crippen molar-refractivity contribution in [3.8, 4) is 0 Å². The van der Waals surface area contributed by atoms with Gasteiger partial charge in [0.1, 0.15) is 11.4 Å². The van der Waals surface area contributed by atoms with Crippen molar-refractivity contribution in [3.63, 3.8) is 0 Å².